The number of hydrogen-bond acceptors (Lipinski definition) is 2. The van der Waals surface area contributed by atoms with Gasteiger partial charge in [-0.2, -0.15) is 0 Å². The van der Waals surface area contributed by atoms with Gasteiger partial charge in [0.1, 0.15) is 0 Å². The number of fused-ring (bicyclic) bond motifs is 1. The molecule has 0 bridgehead atoms. The molecule has 30 heavy (non-hydrogen) atoms. The van der Waals surface area contributed by atoms with Crippen molar-refractivity contribution in [3.8, 4) is 0 Å². The number of rotatable bonds is 6. The lowest BCUT2D eigenvalue weighted by Crippen LogP contribution is -2.18. The van der Waals surface area contributed by atoms with Gasteiger partial charge in [0.25, 0.3) is 0 Å². The standard InChI is InChI=1S/C28H36O2/c1-8-14-30-26(29)22-12-10-20(11-13-22)15-19(3)23-17-25-24(16-21(23)9-2)27(4,5)18-28(25,6)7/h10-13,15-17H,8-9,14,18H2,1-7H3. The lowest BCUT2D eigenvalue weighted by Gasteiger charge is -2.22. The average Bonchev–Trinajstić information content (AvgIpc) is 2.88. The normalized spacial score (nSPS) is 17.0. The molecule has 0 fully saturated rings. The van der Waals surface area contributed by atoms with E-state index in [-0.39, 0.29) is 16.8 Å². The van der Waals surface area contributed by atoms with E-state index in [9.17, 15) is 4.79 Å². The second kappa shape index (κ2) is 8.41. The second-order valence-electron chi connectivity index (χ2n) is 9.94. The average molecular weight is 405 g/mol. The van der Waals surface area contributed by atoms with Crippen LogP contribution in [0.1, 0.15) is 99.5 Å². The van der Waals surface area contributed by atoms with Gasteiger partial charge in [-0.05, 0) is 82.5 Å². The Labute approximate surface area is 182 Å². The summed E-state index contributed by atoms with van der Waals surface area (Å²) in [6.07, 6.45) is 5.25. The maximum atomic E-state index is 12.0. The smallest absolute Gasteiger partial charge is 0.338 e. The van der Waals surface area contributed by atoms with Crippen LogP contribution in [0.4, 0.5) is 0 Å². The first-order chi connectivity index (χ1) is 14.1. The molecule has 2 heteroatoms. The van der Waals surface area contributed by atoms with Gasteiger partial charge in [0.05, 0.1) is 12.2 Å². The van der Waals surface area contributed by atoms with Crippen molar-refractivity contribution in [1.29, 1.82) is 0 Å². The molecule has 0 atom stereocenters. The number of esters is 1. The van der Waals surface area contributed by atoms with E-state index in [2.05, 4.69) is 59.8 Å². The van der Waals surface area contributed by atoms with E-state index >= 15 is 0 Å². The van der Waals surface area contributed by atoms with Crippen LogP contribution in [0.25, 0.3) is 11.6 Å². The summed E-state index contributed by atoms with van der Waals surface area (Å²) in [6, 6.07) is 12.6. The third kappa shape index (κ3) is 4.38. The molecule has 1 aliphatic rings. The van der Waals surface area contributed by atoms with Crippen LogP contribution in [0.2, 0.25) is 0 Å². The van der Waals surface area contributed by atoms with Crippen molar-refractivity contribution >= 4 is 17.6 Å². The minimum absolute atomic E-state index is 0.195. The number of hydrogen-bond donors (Lipinski definition) is 0. The van der Waals surface area contributed by atoms with Crippen LogP contribution in [0.3, 0.4) is 0 Å². The highest BCUT2D eigenvalue weighted by Gasteiger charge is 2.42. The largest absolute Gasteiger partial charge is 0.462 e. The van der Waals surface area contributed by atoms with Crippen molar-refractivity contribution in [2.75, 3.05) is 6.61 Å². The Bertz CT molecular complexity index is 959. The molecule has 0 aromatic heterocycles. The molecule has 2 aromatic carbocycles. The van der Waals surface area contributed by atoms with E-state index in [4.69, 9.17) is 4.74 Å². The number of benzene rings is 2. The molecule has 0 amide bonds. The third-order valence-corrected chi connectivity index (χ3v) is 6.36. The van der Waals surface area contributed by atoms with Crippen LogP contribution >= 0.6 is 0 Å². The highest BCUT2D eigenvalue weighted by Crippen LogP contribution is 2.50. The van der Waals surface area contributed by atoms with Crippen LogP contribution < -0.4 is 0 Å². The number of aryl methyl sites for hydroxylation is 1. The SMILES string of the molecule is CCCOC(=O)c1ccc(C=C(C)c2cc3c(cc2CC)C(C)(C)CC3(C)C)cc1. The molecule has 0 heterocycles. The van der Waals surface area contributed by atoms with Gasteiger partial charge in [-0.25, -0.2) is 4.79 Å². The fourth-order valence-corrected chi connectivity index (χ4v) is 5.04. The topological polar surface area (TPSA) is 26.3 Å². The van der Waals surface area contributed by atoms with Crippen LogP contribution in [0, 0.1) is 0 Å². The molecule has 0 saturated carbocycles. The summed E-state index contributed by atoms with van der Waals surface area (Å²) in [7, 11) is 0. The quantitative estimate of drug-likeness (QED) is 0.372. The molecule has 160 valence electrons. The lowest BCUT2D eigenvalue weighted by atomic mass is 9.82. The van der Waals surface area contributed by atoms with E-state index in [1.165, 1.54) is 34.2 Å². The van der Waals surface area contributed by atoms with E-state index in [0.717, 1.165) is 18.4 Å². The van der Waals surface area contributed by atoms with Gasteiger partial charge >= 0.3 is 5.97 Å². The third-order valence-electron chi connectivity index (χ3n) is 6.36. The van der Waals surface area contributed by atoms with Crippen molar-refractivity contribution in [1.82, 2.24) is 0 Å². The number of ether oxygens (including phenoxy) is 1. The molecule has 0 unspecified atom stereocenters. The minimum atomic E-state index is -0.249. The zero-order valence-corrected chi connectivity index (χ0v) is 19.7. The summed E-state index contributed by atoms with van der Waals surface area (Å²) < 4.78 is 5.22. The van der Waals surface area contributed by atoms with E-state index in [0.29, 0.717) is 12.2 Å². The Kier molecular flexibility index (Phi) is 6.26. The summed E-state index contributed by atoms with van der Waals surface area (Å²) in [5, 5.41) is 0. The molecule has 0 saturated heterocycles. The van der Waals surface area contributed by atoms with Gasteiger partial charge in [0.2, 0.25) is 0 Å². The highest BCUT2D eigenvalue weighted by atomic mass is 16.5. The monoisotopic (exact) mass is 404 g/mol. The number of carbonyl (C=O) groups excluding carboxylic acids is 1. The molecule has 3 rings (SSSR count). The minimum Gasteiger partial charge on any atom is -0.462 e. The molecule has 2 aromatic rings. The summed E-state index contributed by atoms with van der Waals surface area (Å²) in [6.45, 7) is 16.4. The van der Waals surface area contributed by atoms with Gasteiger partial charge in [-0.3, -0.25) is 0 Å². The van der Waals surface area contributed by atoms with Gasteiger partial charge in [-0.15, -0.1) is 0 Å². The van der Waals surface area contributed by atoms with Crippen LogP contribution in [-0.4, -0.2) is 12.6 Å². The lowest BCUT2D eigenvalue weighted by molar-refractivity contribution is 0.0505. The molecule has 0 aliphatic heterocycles. The second-order valence-corrected chi connectivity index (χ2v) is 9.94. The van der Waals surface area contributed by atoms with Crippen molar-refractivity contribution in [3.63, 3.8) is 0 Å². The molecule has 2 nitrogen and oxygen atoms in total. The first kappa shape index (κ1) is 22.3. The van der Waals surface area contributed by atoms with E-state index in [1.807, 2.05) is 31.2 Å². The van der Waals surface area contributed by atoms with Gasteiger partial charge in [0.15, 0.2) is 0 Å². The van der Waals surface area contributed by atoms with E-state index in [1.54, 1.807) is 0 Å². The molecular weight excluding hydrogens is 368 g/mol. The van der Waals surface area contributed by atoms with Crippen molar-refractivity contribution in [2.45, 2.75) is 78.6 Å². The predicted molar refractivity (Wildman–Crippen MR) is 127 cm³/mol. The fourth-order valence-electron chi connectivity index (χ4n) is 5.04. The summed E-state index contributed by atoms with van der Waals surface area (Å²) in [5.74, 6) is -0.249. The van der Waals surface area contributed by atoms with Crippen molar-refractivity contribution in [3.05, 3.63) is 69.8 Å². The summed E-state index contributed by atoms with van der Waals surface area (Å²) in [5.41, 5.74) is 9.13. The molecule has 0 spiro atoms. The van der Waals surface area contributed by atoms with Crippen LogP contribution in [0.5, 0.6) is 0 Å². The van der Waals surface area contributed by atoms with Gasteiger partial charge in [0, 0.05) is 0 Å². The zero-order chi connectivity index (χ0) is 22.1. The van der Waals surface area contributed by atoms with Crippen molar-refractivity contribution < 1.29 is 9.53 Å². The number of carbonyl (C=O) groups is 1. The highest BCUT2D eigenvalue weighted by molar-refractivity contribution is 5.90. The Hall–Kier alpha value is -2.35. The first-order valence-electron chi connectivity index (χ1n) is 11.2. The van der Waals surface area contributed by atoms with Gasteiger partial charge < -0.3 is 4.74 Å². The van der Waals surface area contributed by atoms with Crippen molar-refractivity contribution in [2.24, 2.45) is 0 Å². The number of allylic oxidation sites excluding steroid dienone is 1. The molecule has 1 aliphatic carbocycles. The molecule has 0 N–H and O–H groups in total. The zero-order valence-electron chi connectivity index (χ0n) is 19.7. The van der Waals surface area contributed by atoms with Gasteiger partial charge in [-0.1, -0.05) is 71.9 Å². The Morgan fingerprint density at radius 2 is 1.60 bits per heavy atom. The predicted octanol–water partition coefficient (Wildman–Crippen LogP) is 7.34. The van der Waals surface area contributed by atoms with Crippen LogP contribution in [0.15, 0.2) is 36.4 Å². The summed E-state index contributed by atoms with van der Waals surface area (Å²) >= 11 is 0. The maximum absolute atomic E-state index is 12.0. The molecule has 0 radical (unpaired) electrons. The molecular formula is C28H36O2. The maximum Gasteiger partial charge on any atom is 0.338 e. The van der Waals surface area contributed by atoms with E-state index < -0.39 is 0 Å². The Morgan fingerprint density at radius 3 is 2.17 bits per heavy atom. The van der Waals surface area contributed by atoms with Crippen LogP contribution in [-0.2, 0) is 22.0 Å². The fraction of sp³-hybridized carbons (Fsp3) is 0.464. The Morgan fingerprint density at radius 1 is 1.00 bits per heavy atom. The Balaban J connectivity index is 1.94. The summed E-state index contributed by atoms with van der Waals surface area (Å²) in [4.78, 5) is 12.0. The first-order valence-corrected chi connectivity index (χ1v) is 11.2.